The van der Waals surface area contributed by atoms with Crippen LogP contribution < -0.4 is 15.4 Å². The van der Waals surface area contributed by atoms with Crippen LogP contribution in [0.25, 0.3) is 0 Å². The second-order valence-electron chi connectivity index (χ2n) is 5.88. The molecule has 2 rings (SSSR count). The van der Waals surface area contributed by atoms with Crippen LogP contribution in [0.3, 0.4) is 0 Å². The Bertz CT molecular complexity index is 733. The van der Waals surface area contributed by atoms with Crippen LogP contribution in [0.15, 0.2) is 47.1 Å². The number of halogens is 2. The van der Waals surface area contributed by atoms with Gasteiger partial charge in [-0.05, 0) is 24.1 Å². The van der Waals surface area contributed by atoms with Gasteiger partial charge in [0.1, 0.15) is 11.8 Å². The molecule has 8 heteroatoms. The van der Waals surface area contributed by atoms with Gasteiger partial charge in [-0.15, -0.1) is 0 Å². The zero-order valence-electron chi connectivity index (χ0n) is 14.4. The van der Waals surface area contributed by atoms with E-state index >= 15 is 0 Å². The third kappa shape index (κ3) is 5.30. The Labute approximate surface area is 149 Å². The van der Waals surface area contributed by atoms with Crippen molar-refractivity contribution >= 4 is 11.8 Å². The van der Waals surface area contributed by atoms with Crippen LogP contribution in [0.4, 0.5) is 8.78 Å². The third-order valence-corrected chi connectivity index (χ3v) is 3.62. The van der Waals surface area contributed by atoms with Gasteiger partial charge >= 0.3 is 6.61 Å². The Balaban J connectivity index is 2.01. The highest BCUT2D eigenvalue weighted by Crippen LogP contribution is 2.20. The highest BCUT2D eigenvalue weighted by atomic mass is 19.3. The Hall–Kier alpha value is -2.90. The molecule has 1 unspecified atom stereocenters. The van der Waals surface area contributed by atoms with Gasteiger partial charge in [-0.2, -0.15) is 8.78 Å². The van der Waals surface area contributed by atoms with E-state index in [2.05, 4.69) is 15.4 Å². The Morgan fingerprint density at radius 3 is 2.50 bits per heavy atom. The van der Waals surface area contributed by atoms with Crippen LogP contribution in [-0.4, -0.2) is 24.5 Å². The molecule has 0 aliphatic carbocycles. The maximum atomic E-state index is 12.5. The summed E-state index contributed by atoms with van der Waals surface area (Å²) in [5.74, 6) is -1.05. The second kappa shape index (κ2) is 8.98. The molecule has 0 bridgehead atoms. The minimum Gasteiger partial charge on any atom is -0.459 e. The fourth-order valence-corrected chi connectivity index (χ4v) is 2.31. The van der Waals surface area contributed by atoms with Gasteiger partial charge in [0.25, 0.3) is 5.91 Å². The van der Waals surface area contributed by atoms with E-state index in [1.165, 1.54) is 18.4 Å². The van der Waals surface area contributed by atoms with Gasteiger partial charge < -0.3 is 19.8 Å². The average Bonchev–Trinajstić information content (AvgIpc) is 3.12. The normalized spacial score (nSPS) is 12.1. The maximum Gasteiger partial charge on any atom is 0.387 e. The summed E-state index contributed by atoms with van der Waals surface area (Å²) in [4.78, 5) is 24.5. The smallest absolute Gasteiger partial charge is 0.387 e. The lowest BCUT2D eigenvalue weighted by molar-refractivity contribution is -0.124. The van der Waals surface area contributed by atoms with Gasteiger partial charge in [-0.3, -0.25) is 9.59 Å². The monoisotopic (exact) mass is 366 g/mol. The van der Waals surface area contributed by atoms with Gasteiger partial charge in [-0.25, -0.2) is 0 Å². The van der Waals surface area contributed by atoms with E-state index in [9.17, 15) is 18.4 Å². The number of para-hydroxylation sites is 1. The molecular formula is C18H20F2N2O4. The lowest BCUT2D eigenvalue weighted by Crippen LogP contribution is -2.49. The highest BCUT2D eigenvalue weighted by molar-refractivity contribution is 5.95. The van der Waals surface area contributed by atoms with Gasteiger partial charge in [0.15, 0.2) is 5.76 Å². The zero-order chi connectivity index (χ0) is 19.1. The first kappa shape index (κ1) is 19.4. The predicted octanol–water partition coefficient (Wildman–Crippen LogP) is 2.95. The Kier molecular flexibility index (Phi) is 6.71. The van der Waals surface area contributed by atoms with E-state index in [4.69, 9.17) is 4.42 Å². The van der Waals surface area contributed by atoms with Gasteiger partial charge in [0, 0.05) is 12.1 Å². The van der Waals surface area contributed by atoms with Crippen molar-refractivity contribution in [3.8, 4) is 5.75 Å². The van der Waals surface area contributed by atoms with Crippen LogP contribution in [0.2, 0.25) is 0 Å². The molecule has 2 amide bonds. The largest absolute Gasteiger partial charge is 0.459 e. The molecule has 0 saturated heterocycles. The van der Waals surface area contributed by atoms with Crippen LogP contribution >= 0.6 is 0 Å². The SMILES string of the molecule is CC(C)C(NC(=O)c1ccco1)C(=O)NCc1ccccc1OC(F)F. The molecule has 0 fully saturated rings. The average molecular weight is 366 g/mol. The first-order chi connectivity index (χ1) is 12.4. The molecule has 0 saturated carbocycles. The van der Waals surface area contributed by atoms with Crippen molar-refractivity contribution < 1.29 is 27.5 Å². The van der Waals surface area contributed by atoms with Crippen LogP contribution in [-0.2, 0) is 11.3 Å². The number of nitrogens with one attached hydrogen (secondary N) is 2. The summed E-state index contributed by atoms with van der Waals surface area (Å²) in [6, 6.07) is 8.43. The molecule has 26 heavy (non-hydrogen) atoms. The zero-order valence-corrected chi connectivity index (χ0v) is 14.4. The topological polar surface area (TPSA) is 80.6 Å². The Morgan fingerprint density at radius 1 is 1.15 bits per heavy atom. The third-order valence-electron chi connectivity index (χ3n) is 3.62. The number of ether oxygens (including phenoxy) is 1. The minimum absolute atomic E-state index is 0.0106. The van der Waals surface area contributed by atoms with E-state index < -0.39 is 24.5 Å². The van der Waals surface area contributed by atoms with Crippen LogP contribution in [0.5, 0.6) is 5.75 Å². The fourth-order valence-electron chi connectivity index (χ4n) is 2.31. The van der Waals surface area contributed by atoms with Gasteiger partial charge in [0.2, 0.25) is 5.91 Å². The van der Waals surface area contributed by atoms with Crippen molar-refractivity contribution in [2.75, 3.05) is 0 Å². The van der Waals surface area contributed by atoms with E-state index in [1.54, 1.807) is 38.1 Å². The summed E-state index contributed by atoms with van der Waals surface area (Å²) in [6.45, 7) is 0.589. The highest BCUT2D eigenvalue weighted by Gasteiger charge is 2.25. The summed E-state index contributed by atoms with van der Waals surface area (Å²) in [5.41, 5.74) is 0.404. The van der Waals surface area contributed by atoms with Crippen molar-refractivity contribution in [3.05, 3.63) is 54.0 Å². The van der Waals surface area contributed by atoms with E-state index in [0.717, 1.165) is 0 Å². The van der Waals surface area contributed by atoms with Crippen molar-refractivity contribution in [1.82, 2.24) is 10.6 Å². The number of amides is 2. The standard InChI is InChI=1S/C18H20F2N2O4/c1-11(2)15(22-16(23)14-8-5-9-25-14)17(24)21-10-12-6-3-4-7-13(12)26-18(19)20/h3-9,11,15,18H,10H2,1-2H3,(H,21,24)(H,22,23). The molecule has 0 aliphatic heterocycles. The van der Waals surface area contributed by atoms with E-state index in [-0.39, 0.29) is 24.0 Å². The molecule has 0 spiro atoms. The van der Waals surface area contributed by atoms with E-state index in [0.29, 0.717) is 5.56 Å². The summed E-state index contributed by atoms with van der Waals surface area (Å²) in [7, 11) is 0. The second-order valence-corrected chi connectivity index (χ2v) is 5.88. The van der Waals surface area contributed by atoms with Crippen molar-refractivity contribution in [2.45, 2.75) is 33.0 Å². The molecule has 0 radical (unpaired) electrons. The van der Waals surface area contributed by atoms with Crippen LogP contribution in [0.1, 0.15) is 30.0 Å². The first-order valence-corrected chi connectivity index (χ1v) is 8.03. The van der Waals surface area contributed by atoms with Crippen molar-refractivity contribution in [3.63, 3.8) is 0 Å². The number of hydrogen-bond acceptors (Lipinski definition) is 4. The summed E-state index contributed by atoms with van der Waals surface area (Å²) >= 11 is 0. The number of benzene rings is 1. The summed E-state index contributed by atoms with van der Waals surface area (Å²) in [6.07, 6.45) is 1.36. The summed E-state index contributed by atoms with van der Waals surface area (Å²) in [5, 5.41) is 5.24. The molecule has 1 atom stereocenters. The number of alkyl halides is 2. The molecule has 1 aromatic heterocycles. The lowest BCUT2D eigenvalue weighted by Gasteiger charge is -2.21. The maximum absolute atomic E-state index is 12.5. The van der Waals surface area contributed by atoms with Crippen molar-refractivity contribution in [1.29, 1.82) is 0 Å². The Morgan fingerprint density at radius 2 is 1.88 bits per heavy atom. The van der Waals surface area contributed by atoms with Gasteiger partial charge in [-0.1, -0.05) is 32.0 Å². The molecule has 6 nitrogen and oxygen atoms in total. The minimum atomic E-state index is -2.96. The number of furan rings is 1. The fraction of sp³-hybridized carbons (Fsp3) is 0.333. The number of carbonyl (C=O) groups excluding carboxylic acids is 2. The quantitative estimate of drug-likeness (QED) is 0.753. The number of carbonyl (C=O) groups is 2. The molecule has 2 N–H and O–H groups in total. The molecule has 1 aromatic carbocycles. The predicted molar refractivity (Wildman–Crippen MR) is 89.7 cm³/mol. The van der Waals surface area contributed by atoms with Crippen molar-refractivity contribution in [2.24, 2.45) is 5.92 Å². The summed E-state index contributed by atoms with van der Waals surface area (Å²) < 4.78 is 34.3. The van der Waals surface area contributed by atoms with E-state index in [1.807, 2.05) is 0 Å². The number of hydrogen-bond donors (Lipinski definition) is 2. The lowest BCUT2D eigenvalue weighted by atomic mass is 10.0. The molecule has 0 aliphatic rings. The number of rotatable bonds is 8. The van der Waals surface area contributed by atoms with Crippen LogP contribution in [0, 0.1) is 5.92 Å². The molecular weight excluding hydrogens is 346 g/mol. The first-order valence-electron chi connectivity index (χ1n) is 8.03. The molecule has 1 heterocycles. The van der Waals surface area contributed by atoms with Gasteiger partial charge in [0.05, 0.1) is 6.26 Å². The molecule has 140 valence electrons. The molecule has 2 aromatic rings.